The number of likely N-dealkylation sites (tertiary alicyclic amines) is 1. The van der Waals surface area contributed by atoms with Crippen molar-refractivity contribution in [3.8, 4) is 0 Å². The highest BCUT2D eigenvalue weighted by Gasteiger charge is 2.33. The molecule has 1 heterocycles. The van der Waals surface area contributed by atoms with Crippen LogP contribution in [0.1, 0.15) is 26.2 Å². The number of piperidine rings is 1. The molecule has 0 spiro atoms. The Morgan fingerprint density at radius 2 is 2.00 bits per heavy atom. The standard InChI is InChI=1S/C13H19F2N/c1-3-5-6-7-12(4-2)16-10-8-13(14,15)9-11-16/h4-7H,2-3,8-11H2,1H3. The third-order valence-electron chi connectivity index (χ3n) is 2.71. The molecule has 0 aromatic heterocycles. The molecule has 0 radical (unpaired) electrons. The van der Waals surface area contributed by atoms with Crippen molar-refractivity contribution in [2.45, 2.75) is 32.1 Å². The van der Waals surface area contributed by atoms with Gasteiger partial charge in [-0.25, -0.2) is 8.78 Å². The van der Waals surface area contributed by atoms with Crippen LogP contribution in [-0.2, 0) is 0 Å². The summed E-state index contributed by atoms with van der Waals surface area (Å²) < 4.78 is 25.9. The Labute approximate surface area is 96.1 Å². The van der Waals surface area contributed by atoms with E-state index in [4.69, 9.17) is 0 Å². The molecule has 16 heavy (non-hydrogen) atoms. The third-order valence-corrected chi connectivity index (χ3v) is 2.71. The quantitative estimate of drug-likeness (QED) is 0.661. The summed E-state index contributed by atoms with van der Waals surface area (Å²) in [5.41, 5.74) is 0.931. The molecule has 0 atom stereocenters. The molecule has 0 aromatic carbocycles. The highest BCUT2D eigenvalue weighted by Crippen LogP contribution is 2.29. The van der Waals surface area contributed by atoms with Gasteiger partial charge in [0.1, 0.15) is 0 Å². The van der Waals surface area contributed by atoms with E-state index in [1.165, 1.54) is 0 Å². The van der Waals surface area contributed by atoms with Gasteiger partial charge in [0.05, 0.1) is 0 Å². The highest BCUT2D eigenvalue weighted by molar-refractivity contribution is 5.21. The van der Waals surface area contributed by atoms with Crippen LogP contribution in [-0.4, -0.2) is 23.9 Å². The van der Waals surface area contributed by atoms with E-state index < -0.39 is 5.92 Å². The first-order valence-corrected chi connectivity index (χ1v) is 5.71. The van der Waals surface area contributed by atoms with Crippen molar-refractivity contribution in [2.75, 3.05) is 13.1 Å². The number of halogens is 2. The van der Waals surface area contributed by atoms with Crippen LogP contribution < -0.4 is 0 Å². The molecule has 1 aliphatic rings. The Morgan fingerprint density at radius 1 is 1.38 bits per heavy atom. The minimum Gasteiger partial charge on any atom is -0.371 e. The lowest BCUT2D eigenvalue weighted by atomic mass is 10.1. The van der Waals surface area contributed by atoms with Crippen LogP contribution in [0.5, 0.6) is 0 Å². The normalized spacial score (nSPS) is 21.4. The van der Waals surface area contributed by atoms with Gasteiger partial charge in [0.25, 0.3) is 5.92 Å². The lowest BCUT2D eigenvalue weighted by molar-refractivity contribution is -0.0483. The van der Waals surface area contributed by atoms with Gasteiger partial charge in [-0.3, -0.25) is 0 Å². The van der Waals surface area contributed by atoms with Crippen molar-refractivity contribution < 1.29 is 8.78 Å². The van der Waals surface area contributed by atoms with Crippen LogP contribution in [0.15, 0.2) is 36.6 Å². The zero-order valence-electron chi connectivity index (χ0n) is 9.76. The van der Waals surface area contributed by atoms with E-state index in [2.05, 4.69) is 13.5 Å². The van der Waals surface area contributed by atoms with Gasteiger partial charge in [-0.15, -0.1) is 0 Å². The van der Waals surface area contributed by atoms with Crippen molar-refractivity contribution in [3.63, 3.8) is 0 Å². The first-order valence-electron chi connectivity index (χ1n) is 5.71. The fraction of sp³-hybridized carbons (Fsp3) is 0.538. The van der Waals surface area contributed by atoms with Crippen molar-refractivity contribution in [3.05, 3.63) is 36.6 Å². The number of hydrogen-bond acceptors (Lipinski definition) is 1. The van der Waals surface area contributed by atoms with E-state index in [0.717, 1.165) is 12.1 Å². The summed E-state index contributed by atoms with van der Waals surface area (Å²) in [6.07, 6.45) is 8.49. The van der Waals surface area contributed by atoms with Gasteiger partial charge in [-0.1, -0.05) is 25.7 Å². The smallest absolute Gasteiger partial charge is 0.251 e. The van der Waals surface area contributed by atoms with E-state index in [0.29, 0.717) is 13.1 Å². The number of hydrogen-bond donors (Lipinski definition) is 0. The molecule has 1 fully saturated rings. The molecule has 1 rings (SSSR count). The first-order chi connectivity index (χ1) is 7.59. The van der Waals surface area contributed by atoms with Crippen LogP contribution >= 0.6 is 0 Å². The SMILES string of the molecule is C=CC(=CC=CCC)N1CCC(F)(F)CC1. The van der Waals surface area contributed by atoms with Crippen molar-refractivity contribution in [2.24, 2.45) is 0 Å². The van der Waals surface area contributed by atoms with Crippen LogP contribution in [0.25, 0.3) is 0 Å². The second-order valence-electron chi connectivity index (χ2n) is 3.98. The summed E-state index contributed by atoms with van der Waals surface area (Å²) >= 11 is 0. The Kier molecular flexibility index (Phi) is 4.71. The molecule has 0 unspecified atom stereocenters. The van der Waals surface area contributed by atoms with E-state index in [9.17, 15) is 8.78 Å². The second-order valence-corrected chi connectivity index (χ2v) is 3.98. The molecule has 0 aromatic rings. The minimum atomic E-state index is -2.48. The summed E-state index contributed by atoms with van der Waals surface area (Å²) in [7, 11) is 0. The maximum absolute atomic E-state index is 13.0. The second kappa shape index (κ2) is 5.83. The molecule has 0 saturated carbocycles. The Balaban J connectivity index is 2.59. The number of alkyl halides is 2. The molecule has 3 heteroatoms. The average molecular weight is 227 g/mol. The van der Waals surface area contributed by atoms with Gasteiger partial charge in [-0.05, 0) is 18.6 Å². The largest absolute Gasteiger partial charge is 0.371 e. The monoisotopic (exact) mass is 227 g/mol. The molecule has 0 amide bonds. The van der Waals surface area contributed by atoms with Crippen molar-refractivity contribution in [1.29, 1.82) is 0 Å². The fourth-order valence-corrected chi connectivity index (χ4v) is 1.70. The van der Waals surface area contributed by atoms with E-state index in [1.807, 2.05) is 23.1 Å². The zero-order valence-corrected chi connectivity index (χ0v) is 9.76. The Bertz CT molecular complexity index is 282. The maximum atomic E-state index is 13.0. The number of rotatable bonds is 4. The molecule has 1 saturated heterocycles. The molecule has 0 N–H and O–H groups in total. The highest BCUT2D eigenvalue weighted by atomic mass is 19.3. The average Bonchev–Trinajstić information content (AvgIpc) is 2.25. The topological polar surface area (TPSA) is 3.24 Å². The van der Waals surface area contributed by atoms with Crippen LogP contribution in [0.2, 0.25) is 0 Å². The van der Waals surface area contributed by atoms with Gasteiger partial charge < -0.3 is 4.90 Å². The lowest BCUT2D eigenvalue weighted by Crippen LogP contribution is -2.38. The molecule has 90 valence electrons. The molecule has 0 aliphatic carbocycles. The summed E-state index contributed by atoms with van der Waals surface area (Å²) in [4.78, 5) is 1.96. The van der Waals surface area contributed by atoms with Crippen LogP contribution in [0.4, 0.5) is 8.78 Å². The minimum absolute atomic E-state index is 0.0598. The molecular formula is C13H19F2N. The first kappa shape index (κ1) is 12.9. The summed E-state index contributed by atoms with van der Waals surface area (Å²) in [6, 6.07) is 0. The van der Waals surface area contributed by atoms with Crippen LogP contribution in [0.3, 0.4) is 0 Å². The molecule has 1 aliphatic heterocycles. The Morgan fingerprint density at radius 3 is 2.50 bits per heavy atom. The Hall–Kier alpha value is -1.12. The predicted octanol–water partition coefficient (Wildman–Crippen LogP) is 3.75. The van der Waals surface area contributed by atoms with Crippen LogP contribution in [0, 0.1) is 0 Å². The molecular weight excluding hydrogens is 208 g/mol. The summed E-state index contributed by atoms with van der Waals surface area (Å²) in [6.45, 7) is 6.59. The zero-order chi connectivity index (χ0) is 12.0. The third kappa shape index (κ3) is 3.80. The van der Waals surface area contributed by atoms with Gasteiger partial charge >= 0.3 is 0 Å². The van der Waals surface area contributed by atoms with Gasteiger partial charge in [0.15, 0.2) is 0 Å². The molecule has 1 nitrogen and oxygen atoms in total. The molecule has 0 bridgehead atoms. The summed E-state index contributed by atoms with van der Waals surface area (Å²) in [5, 5.41) is 0. The fourth-order valence-electron chi connectivity index (χ4n) is 1.70. The van der Waals surface area contributed by atoms with Gasteiger partial charge in [-0.2, -0.15) is 0 Å². The van der Waals surface area contributed by atoms with Gasteiger partial charge in [0, 0.05) is 31.6 Å². The number of allylic oxidation sites excluding steroid dienone is 4. The van der Waals surface area contributed by atoms with E-state index >= 15 is 0 Å². The summed E-state index contributed by atoms with van der Waals surface area (Å²) in [5.74, 6) is -2.48. The van der Waals surface area contributed by atoms with Crippen molar-refractivity contribution >= 4 is 0 Å². The predicted molar refractivity (Wildman–Crippen MR) is 63.5 cm³/mol. The van der Waals surface area contributed by atoms with E-state index in [1.54, 1.807) is 6.08 Å². The number of nitrogens with zero attached hydrogens (tertiary/aromatic N) is 1. The van der Waals surface area contributed by atoms with Crippen molar-refractivity contribution in [1.82, 2.24) is 4.90 Å². The lowest BCUT2D eigenvalue weighted by Gasteiger charge is -2.33. The van der Waals surface area contributed by atoms with Gasteiger partial charge in [0.2, 0.25) is 0 Å². The van der Waals surface area contributed by atoms with E-state index in [-0.39, 0.29) is 12.8 Å². The maximum Gasteiger partial charge on any atom is 0.251 e.